The van der Waals surface area contributed by atoms with Crippen molar-refractivity contribution in [2.45, 2.75) is 37.4 Å². The largest absolute Gasteiger partial charge is 0.395 e. The normalized spacial score (nSPS) is 12.7. The van der Waals surface area contributed by atoms with Crippen LogP contribution in [0, 0.1) is 0 Å². The minimum Gasteiger partial charge on any atom is -0.395 e. The highest BCUT2D eigenvalue weighted by molar-refractivity contribution is 8.00. The van der Waals surface area contributed by atoms with E-state index in [1.165, 1.54) is 0 Å². The molecule has 102 valence electrons. The van der Waals surface area contributed by atoms with Crippen molar-refractivity contribution in [3.63, 3.8) is 0 Å². The van der Waals surface area contributed by atoms with Crippen molar-refractivity contribution in [3.8, 4) is 0 Å². The Labute approximate surface area is 114 Å². The van der Waals surface area contributed by atoms with E-state index in [1.807, 2.05) is 42.1 Å². The topological polar surface area (TPSA) is 40.5 Å². The summed E-state index contributed by atoms with van der Waals surface area (Å²) in [6.45, 7) is 6.51. The fourth-order valence-electron chi connectivity index (χ4n) is 1.88. The number of hydrogen-bond donors (Lipinski definition) is 2. The number of benzene rings is 1. The lowest BCUT2D eigenvalue weighted by atomic mass is 9.79. The van der Waals surface area contributed by atoms with Gasteiger partial charge in [-0.05, 0) is 17.7 Å². The van der Waals surface area contributed by atoms with Gasteiger partial charge in [-0.25, -0.2) is 0 Å². The average molecular weight is 268 g/mol. The summed E-state index contributed by atoms with van der Waals surface area (Å²) in [7, 11) is 0. The lowest BCUT2D eigenvalue weighted by Crippen LogP contribution is -2.35. The molecule has 2 N–H and O–H groups in total. The van der Waals surface area contributed by atoms with Crippen molar-refractivity contribution in [1.29, 1.82) is 0 Å². The van der Waals surface area contributed by atoms with Crippen molar-refractivity contribution in [2.75, 3.05) is 19.0 Å². The zero-order valence-electron chi connectivity index (χ0n) is 11.5. The maximum absolute atomic E-state index is 9.69. The minimum absolute atomic E-state index is 0.0157. The fraction of sp³-hybridized carbons (Fsp3) is 0.600. The second-order valence-corrected chi connectivity index (χ2v) is 7.60. The van der Waals surface area contributed by atoms with E-state index >= 15 is 0 Å². The maximum atomic E-state index is 9.69. The van der Waals surface area contributed by atoms with Gasteiger partial charge in [-0.3, -0.25) is 0 Å². The van der Waals surface area contributed by atoms with E-state index in [4.69, 9.17) is 0 Å². The summed E-state index contributed by atoms with van der Waals surface area (Å²) < 4.78 is 0.216. The van der Waals surface area contributed by atoms with Crippen LogP contribution in [0.3, 0.4) is 0 Å². The molecule has 18 heavy (non-hydrogen) atoms. The molecule has 0 aliphatic rings. The molecule has 0 spiro atoms. The van der Waals surface area contributed by atoms with Crippen LogP contribution in [0.15, 0.2) is 30.3 Å². The monoisotopic (exact) mass is 268 g/mol. The zero-order chi connectivity index (χ0) is 13.6. The molecule has 3 heteroatoms. The van der Waals surface area contributed by atoms with Gasteiger partial charge in [0.15, 0.2) is 0 Å². The van der Waals surface area contributed by atoms with Crippen LogP contribution in [0.4, 0.5) is 0 Å². The first-order valence-corrected chi connectivity index (χ1v) is 7.33. The van der Waals surface area contributed by atoms with E-state index in [0.717, 1.165) is 17.7 Å². The third-order valence-corrected chi connectivity index (χ3v) is 4.38. The van der Waals surface area contributed by atoms with Crippen molar-refractivity contribution in [3.05, 3.63) is 35.9 Å². The smallest absolute Gasteiger partial charge is 0.0550 e. The summed E-state index contributed by atoms with van der Waals surface area (Å²) in [6, 6.07) is 9.81. The highest BCUT2D eigenvalue weighted by Crippen LogP contribution is 2.32. The third kappa shape index (κ3) is 4.30. The Bertz CT molecular complexity index is 339. The molecular formula is C15H24O2S. The lowest BCUT2D eigenvalue weighted by molar-refractivity contribution is 0.114. The van der Waals surface area contributed by atoms with Crippen LogP contribution in [0.1, 0.15) is 32.8 Å². The summed E-state index contributed by atoms with van der Waals surface area (Å²) in [6.07, 6.45) is 0.784. The molecule has 0 fully saturated rings. The first-order chi connectivity index (χ1) is 8.43. The predicted molar refractivity (Wildman–Crippen MR) is 79.1 cm³/mol. The second-order valence-electron chi connectivity index (χ2n) is 5.67. The Morgan fingerprint density at radius 3 is 2.00 bits per heavy atom. The van der Waals surface area contributed by atoms with Gasteiger partial charge >= 0.3 is 0 Å². The van der Waals surface area contributed by atoms with Crippen LogP contribution in [-0.4, -0.2) is 33.9 Å². The molecule has 0 heterocycles. The molecule has 0 unspecified atom stereocenters. The summed E-state index contributed by atoms with van der Waals surface area (Å²) in [5.74, 6) is 0.930. The molecule has 0 aliphatic heterocycles. The third-order valence-electron chi connectivity index (χ3n) is 3.11. The van der Waals surface area contributed by atoms with Crippen LogP contribution in [0.2, 0.25) is 0 Å². The average Bonchev–Trinajstić information content (AvgIpc) is 2.35. The first kappa shape index (κ1) is 15.5. The number of rotatable bonds is 6. The predicted octanol–water partition coefficient (Wildman–Crippen LogP) is 2.83. The molecule has 0 aromatic heterocycles. The van der Waals surface area contributed by atoms with Gasteiger partial charge in [-0.2, -0.15) is 11.8 Å². The van der Waals surface area contributed by atoms with E-state index in [0.29, 0.717) is 0 Å². The summed E-state index contributed by atoms with van der Waals surface area (Å²) in [5.41, 5.74) is 0.504. The number of aliphatic hydroxyl groups excluding tert-OH is 2. The number of hydrogen-bond acceptors (Lipinski definition) is 3. The standard InChI is InChI=1S/C15H24O2S/c1-14(2,3)18-10-9-15(11-16,12-17)13-7-5-4-6-8-13/h4-8,16-17H,9-12H2,1-3H3. The van der Waals surface area contributed by atoms with Gasteiger partial charge in [0.05, 0.1) is 13.2 Å². The van der Waals surface area contributed by atoms with E-state index in [-0.39, 0.29) is 18.0 Å². The van der Waals surface area contributed by atoms with E-state index in [9.17, 15) is 10.2 Å². The van der Waals surface area contributed by atoms with E-state index < -0.39 is 5.41 Å². The highest BCUT2D eigenvalue weighted by Gasteiger charge is 2.31. The fourth-order valence-corrected chi connectivity index (χ4v) is 2.98. The Morgan fingerprint density at radius 1 is 1.00 bits per heavy atom. The van der Waals surface area contributed by atoms with Crippen molar-refractivity contribution in [2.24, 2.45) is 0 Å². The quantitative estimate of drug-likeness (QED) is 0.833. The molecule has 1 aromatic rings. The highest BCUT2D eigenvalue weighted by atomic mass is 32.2. The van der Waals surface area contributed by atoms with Gasteiger partial charge in [0.25, 0.3) is 0 Å². The molecular weight excluding hydrogens is 244 g/mol. The van der Waals surface area contributed by atoms with Crippen LogP contribution in [-0.2, 0) is 5.41 Å². The Balaban J connectivity index is 2.76. The SMILES string of the molecule is CC(C)(C)SCCC(CO)(CO)c1ccccc1. The maximum Gasteiger partial charge on any atom is 0.0550 e. The number of aliphatic hydroxyl groups is 2. The van der Waals surface area contributed by atoms with Crippen LogP contribution < -0.4 is 0 Å². The van der Waals surface area contributed by atoms with Gasteiger partial charge in [0.2, 0.25) is 0 Å². The van der Waals surface area contributed by atoms with Crippen molar-refractivity contribution in [1.82, 2.24) is 0 Å². The molecule has 1 aromatic carbocycles. The molecule has 0 saturated carbocycles. The van der Waals surface area contributed by atoms with Crippen LogP contribution in [0.5, 0.6) is 0 Å². The Hall–Kier alpha value is -0.510. The Kier molecular flexibility index (Phi) is 5.70. The molecule has 2 nitrogen and oxygen atoms in total. The molecule has 0 bridgehead atoms. The Morgan fingerprint density at radius 2 is 1.56 bits per heavy atom. The van der Waals surface area contributed by atoms with Crippen LogP contribution >= 0.6 is 11.8 Å². The van der Waals surface area contributed by atoms with Gasteiger partial charge in [-0.15, -0.1) is 0 Å². The summed E-state index contributed by atoms with van der Waals surface area (Å²) in [4.78, 5) is 0. The van der Waals surface area contributed by atoms with Crippen molar-refractivity contribution < 1.29 is 10.2 Å². The molecule has 0 atom stereocenters. The van der Waals surface area contributed by atoms with Gasteiger partial charge in [0.1, 0.15) is 0 Å². The van der Waals surface area contributed by atoms with Gasteiger partial charge in [0, 0.05) is 10.2 Å². The van der Waals surface area contributed by atoms with E-state index in [2.05, 4.69) is 20.8 Å². The van der Waals surface area contributed by atoms with Gasteiger partial charge in [-0.1, -0.05) is 51.1 Å². The number of thioether (sulfide) groups is 1. The van der Waals surface area contributed by atoms with Crippen LogP contribution in [0.25, 0.3) is 0 Å². The second kappa shape index (κ2) is 6.60. The first-order valence-electron chi connectivity index (χ1n) is 6.35. The summed E-state index contributed by atoms with van der Waals surface area (Å²) in [5, 5.41) is 19.4. The zero-order valence-corrected chi connectivity index (χ0v) is 12.3. The van der Waals surface area contributed by atoms with Crippen molar-refractivity contribution >= 4 is 11.8 Å². The lowest BCUT2D eigenvalue weighted by Gasteiger charge is -2.31. The molecule has 0 amide bonds. The molecule has 0 radical (unpaired) electrons. The summed E-state index contributed by atoms with van der Waals surface area (Å²) >= 11 is 1.86. The molecule has 0 saturated heterocycles. The molecule has 0 aliphatic carbocycles. The van der Waals surface area contributed by atoms with E-state index in [1.54, 1.807) is 0 Å². The minimum atomic E-state index is -0.514. The molecule has 1 rings (SSSR count). The van der Waals surface area contributed by atoms with Gasteiger partial charge < -0.3 is 10.2 Å².